The van der Waals surface area contributed by atoms with Gasteiger partial charge in [0.1, 0.15) is 0 Å². The van der Waals surface area contributed by atoms with Crippen molar-refractivity contribution in [3.05, 3.63) is 0 Å². The third kappa shape index (κ3) is 2.69. The summed E-state index contributed by atoms with van der Waals surface area (Å²) in [7, 11) is 0. The third-order valence-electron chi connectivity index (χ3n) is 4.65. The lowest BCUT2D eigenvalue weighted by molar-refractivity contribution is -0.123. The summed E-state index contributed by atoms with van der Waals surface area (Å²) in [6.45, 7) is 3.87. The van der Waals surface area contributed by atoms with Crippen LogP contribution in [0.4, 0.5) is 0 Å². The fourth-order valence-corrected chi connectivity index (χ4v) is 3.65. The van der Waals surface area contributed by atoms with Gasteiger partial charge in [-0.25, -0.2) is 0 Å². The Hall–Kier alpha value is -0.610. The Morgan fingerprint density at radius 2 is 1.78 bits per heavy atom. The molecule has 2 aliphatic heterocycles. The van der Waals surface area contributed by atoms with Gasteiger partial charge in [-0.2, -0.15) is 0 Å². The summed E-state index contributed by atoms with van der Waals surface area (Å²) in [6, 6.07) is 2.44. The van der Waals surface area contributed by atoms with Gasteiger partial charge in [-0.1, -0.05) is 6.92 Å². The van der Waals surface area contributed by atoms with Crippen LogP contribution in [0.25, 0.3) is 0 Å². The molecule has 2 N–H and O–H groups in total. The average molecular weight is 251 g/mol. The Bertz CT molecular complexity index is 302. The van der Waals surface area contributed by atoms with Crippen LogP contribution in [0, 0.1) is 0 Å². The van der Waals surface area contributed by atoms with Crippen LogP contribution in [0.3, 0.4) is 0 Å². The molecule has 4 nitrogen and oxygen atoms in total. The van der Waals surface area contributed by atoms with Crippen LogP contribution >= 0.6 is 0 Å². The number of nitrogens with one attached hydrogen (secondary N) is 2. The minimum Gasteiger partial charge on any atom is -0.352 e. The van der Waals surface area contributed by atoms with Crippen LogP contribution in [-0.2, 0) is 4.79 Å². The predicted molar refractivity (Wildman–Crippen MR) is 71.4 cm³/mol. The molecule has 1 aliphatic carbocycles. The van der Waals surface area contributed by atoms with Gasteiger partial charge in [-0.15, -0.1) is 0 Å². The van der Waals surface area contributed by atoms with Gasteiger partial charge in [0, 0.05) is 24.2 Å². The summed E-state index contributed by atoms with van der Waals surface area (Å²) < 4.78 is 0. The van der Waals surface area contributed by atoms with Crippen molar-refractivity contribution in [3.8, 4) is 0 Å². The Balaban J connectivity index is 1.52. The molecule has 2 unspecified atom stereocenters. The minimum atomic E-state index is 0.247. The van der Waals surface area contributed by atoms with Crippen LogP contribution in [0.1, 0.15) is 45.4 Å². The molecule has 1 saturated carbocycles. The monoisotopic (exact) mass is 251 g/mol. The highest BCUT2D eigenvalue weighted by Gasteiger charge is 2.41. The molecule has 102 valence electrons. The van der Waals surface area contributed by atoms with E-state index in [2.05, 4.69) is 22.5 Å². The van der Waals surface area contributed by atoms with Crippen molar-refractivity contribution in [1.29, 1.82) is 0 Å². The molecule has 0 spiro atoms. The topological polar surface area (TPSA) is 44.4 Å². The molecule has 1 amide bonds. The second-order valence-electron chi connectivity index (χ2n) is 6.13. The number of carbonyl (C=O) groups is 1. The van der Waals surface area contributed by atoms with Crippen LogP contribution in [-0.4, -0.2) is 48.1 Å². The first-order valence-electron chi connectivity index (χ1n) is 7.54. The number of fused-ring (bicyclic) bond motifs is 2. The number of amides is 1. The average Bonchev–Trinajstić information content (AvgIpc) is 3.09. The largest absolute Gasteiger partial charge is 0.352 e. The van der Waals surface area contributed by atoms with Crippen molar-refractivity contribution in [2.75, 3.05) is 13.1 Å². The van der Waals surface area contributed by atoms with Crippen molar-refractivity contribution in [1.82, 2.24) is 15.5 Å². The highest BCUT2D eigenvalue weighted by Crippen LogP contribution is 2.35. The van der Waals surface area contributed by atoms with Crippen LogP contribution in [0.2, 0.25) is 0 Å². The van der Waals surface area contributed by atoms with E-state index in [4.69, 9.17) is 0 Å². The van der Waals surface area contributed by atoms with Gasteiger partial charge < -0.3 is 10.6 Å². The quantitative estimate of drug-likeness (QED) is 0.762. The first kappa shape index (κ1) is 12.4. The number of nitrogens with zero attached hydrogens (tertiary/aromatic N) is 1. The predicted octanol–water partition coefficient (Wildman–Crippen LogP) is 0.870. The first-order valence-corrected chi connectivity index (χ1v) is 7.54. The van der Waals surface area contributed by atoms with E-state index in [-0.39, 0.29) is 5.91 Å². The van der Waals surface area contributed by atoms with E-state index in [9.17, 15) is 4.79 Å². The number of hydrogen-bond acceptors (Lipinski definition) is 3. The molecule has 3 fully saturated rings. The van der Waals surface area contributed by atoms with Gasteiger partial charge in [0.2, 0.25) is 5.91 Å². The highest BCUT2D eigenvalue weighted by atomic mass is 16.2. The summed E-state index contributed by atoms with van der Waals surface area (Å²) >= 11 is 0. The summed E-state index contributed by atoms with van der Waals surface area (Å²) in [5.74, 6) is 0.247. The van der Waals surface area contributed by atoms with Crippen molar-refractivity contribution in [3.63, 3.8) is 0 Å². The van der Waals surface area contributed by atoms with Crippen molar-refractivity contribution in [2.45, 2.75) is 69.6 Å². The standard InChI is InChI=1S/C14H25N3O/c1-2-15-11-7-12-5-6-13(8-11)17(12)9-14(18)16-10-3-4-10/h10-13,15H,2-9H2,1H3,(H,16,18). The van der Waals surface area contributed by atoms with Gasteiger partial charge in [-0.05, 0) is 45.1 Å². The smallest absolute Gasteiger partial charge is 0.234 e. The molecule has 3 aliphatic rings. The molecule has 0 radical (unpaired) electrons. The molecular formula is C14H25N3O. The maximum Gasteiger partial charge on any atom is 0.234 e. The zero-order chi connectivity index (χ0) is 12.5. The fourth-order valence-electron chi connectivity index (χ4n) is 3.65. The molecule has 4 heteroatoms. The van der Waals surface area contributed by atoms with Gasteiger partial charge in [0.05, 0.1) is 6.54 Å². The molecule has 2 bridgehead atoms. The summed E-state index contributed by atoms with van der Waals surface area (Å²) in [5.41, 5.74) is 0. The highest BCUT2D eigenvalue weighted by molar-refractivity contribution is 5.78. The Morgan fingerprint density at radius 1 is 1.11 bits per heavy atom. The van der Waals surface area contributed by atoms with Gasteiger partial charge >= 0.3 is 0 Å². The van der Waals surface area contributed by atoms with Crippen molar-refractivity contribution >= 4 is 5.91 Å². The van der Waals surface area contributed by atoms with Crippen molar-refractivity contribution in [2.24, 2.45) is 0 Å². The van der Waals surface area contributed by atoms with E-state index in [1.165, 1.54) is 38.5 Å². The van der Waals surface area contributed by atoms with Gasteiger partial charge in [0.15, 0.2) is 0 Å². The van der Waals surface area contributed by atoms with Crippen molar-refractivity contribution < 1.29 is 4.79 Å². The Kier molecular flexibility index (Phi) is 3.57. The lowest BCUT2D eigenvalue weighted by Gasteiger charge is -2.38. The number of piperidine rings is 1. The lowest BCUT2D eigenvalue weighted by atomic mass is 9.97. The lowest BCUT2D eigenvalue weighted by Crippen LogP contribution is -2.52. The van der Waals surface area contributed by atoms with Gasteiger partial charge in [0.25, 0.3) is 0 Å². The number of rotatable bonds is 5. The fraction of sp³-hybridized carbons (Fsp3) is 0.929. The molecule has 0 aromatic heterocycles. The normalized spacial score (nSPS) is 35.7. The number of hydrogen-bond donors (Lipinski definition) is 2. The van der Waals surface area contributed by atoms with E-state index in [1.54, 1.807) is 0 Å². The molecule has 0 aromatic rings. The molecule has 2 heterocycles. The minimum absolute atomic E-state index is 0.247. The molecule has 2 atom stereocenters. The zero-order valence-corrected chi connectivity index (χ0v) is 11.3. The van der Waals surface area contributed by atoms with E-state index in [0.717, 1.165) is 6.54 Å². The first-order chi connectivity index (χ1) is 8.76. The maximum absolute atomic E-state index is 11.9. The Labute approximate surface area is 109 Å². The molecule has 3 rings (SSSR count). The molecule has 0 aromatic carbocycles. The van der Waals surface area contributed by atoms with E-state index in [0.29, 0.717) is 30.7 Å². The second-order valence-corrected chi connectivity index (χ2v) is 6.13. The second kappa shape index (κ2) is 5.17. The molecule has 2 saturated heterocycles. The maximum atomic E-state index is 11.9. The summed E-state index contributed by atoms with van der Waals surface area (Å²) in [5, 5.41) is 6.68. The third-order valence-corrected chi connectivity index (χ3v) is 4.65. The van der Waals surface area contributed by atoms with E-state index < -0.39 is 0 Å². The van der Waals surface area contributed by atoms with E-state index in [1.807, 2.05) is 0 Å². The van der Waals surface area contributed by atoms with Crippen LogP contribution in [0.15, 0.2) is 0 Å². The summed E-state index contributed by atoms with van der Waals surface area (Å²) in [6.07, 6.45) is 7.37. The zero-order valence-electron chi connectivity index (χ0n) is 11.3. The van der Waals surface area contributed by atoms with Gasteiger partial charge in [-0.3, -0.25) is 9.69 Å². The molecular weight excluding hydrogens is 226 g/mol. The van der Waals surface area contributed by atoms with Crippen LogP contribution < -0.4 is 10.6 Å². The summed E-state index contributed by atoms with van der Waals surface area (Å²) in [4.78, 5) is 14.4. The number of carbonyl (C=O) groups excluding carboxylic acids is 1. The molecule has 18 heavy (non-hydrogen) atoms. The van der Waals surface area contributed by atoms with Crippen LogP contribution in [0.5, 0.6) is 0 Å². The van der Waals surface area contributed by atoms with E-state index >= 15 is 0 Å². The SMILES string of the molecule is CCNC1CC2CCC(C1)N2CC(=O)NC1CC1. The Morgan fingerprint density at radius 3 is 2.33 bits per heavy atom.